The zero-order valence-electron chi connectivity index (χ0n) is 10.2. The summed E-state index contributed by atoms with van der Waals surface area (Å²) in [7, 11) is 0. The van der Waals surface area contributed by atoms with Crippen molar-refractivity contribution in [1.29, 1.82) is 0 Å². The predicted octanol–water partition coefficient (Wildman–Crippen LogP) is 1.30. The summed E-state index contributed by atoms with van der Waals surface area (Å²) >= 11 is 1.19. The van der Waals surface area contributed by atoms with E-state index in [4.69, 9.17) is 5.73 Å². The van der Waals surface area contributed by atoms with Crippen molar-refractivity contribution in [3.63, 3.8) is 0 Å². The van der Waals surface area contributed by atoms with Crippen molar-refractivity contribution in [2.45, 2.75) is 20.3 Å². The number of aryl methyl sites for hydroxylation is 2. The molecule has 18 heavy (non-hydrogen) atoms. The van der Waals surface area contributed by atoms with Crippen LogP contribution in [0.1, 0.15) is 16.0 Å². The Balaban J connectivity index is 2.49. The van der Waals surface area contributed by atoms with Gasteiger partial charge in [0.1, 0.15) is 0 Å². The molecule has 0 aliphatic carbocycles. The molecule has 4 nitrogen and oxygen atoms in total. The van der Waals surface area contributed by atoms with Gasteiger partial charge in [-0.2, -0.15) is 0 Å². The lowest BCUT2D eigenvalue weighted by atomic mass is 10.0. The molecule has 0 aliphatic rings. The molecule has 0 bridgehead atoms. The Labute approximate surface area is 109 Å². The van der Waals surface area contributed by atoms with Crippen molar-refractivity contribution < 1.29 is 9.90 Å². The number of anilines is 1. The van der Waals surface area contributed by atoms with Crippen molar-refractivity contribution in [3.8, 4) is 11.3 Å². The molecule has 0 radical (unpaired) electrons. The molecule has 0 spiro atoms. The molecule has 0 fully saturated rings. The second-order valence-electron chi connectivity index (χ2n) is 4.17. The number of aromatic nitrogens is 1. The van der Waals surface area contributed by atoms with E-state index in [0.29, 0.717) is 15.7 Å². The first kappa shape index (κ1) is 12.6. The SMILES string of the molecule is Cc1ccc(-c2nc(N)sc2CC(=O)[O-])cc1C. The van der Waals surface area contributed by atoms with E-state index < -0.39 is 5.97 Å². The van der Waals surface area contributed by atoms with E-state index >= 15 is 0 Å². The first-order chi connectivity index (χ1) is 8.47. The van der Waals surface area contributed by atoms with E-state index in [1.807, 2.05) is 32.0 Å². The molecule has 0 amide bonds. The fourth-order valence-electron chi connectivity index (χ4n) is 1.74. The first-order valence-electron chi connectivity index (χ1n) is 5.50. The molecular formula is C13H13N2O2S-. The lowest BCUT2D eigenvalue weighted by molar-refractivity contribution is -0.304. The van der Waals surface area contributed by atoms with Crippen LogP contribution >= 0.6 is 11.3 Å². The number of nitrogens with two attached hydrogens (primary N) is 1. The summed E-state index contributed by atoms with van der Waals surface area (Å²) in [5.74, 6) is -1.12. The number of carboxylic acids is 1. The van der Waals surface area contributed by atoms with Crippen LogP contribution in [0.3, 0.4) is 0 Å². The summed E-state index contributed by atoms with van der Waals surface area (Å²) in [4.78, 5) is 15.6. The predicted molar refractivity (Wildman–Crippen MR) is 70.1 cm³/mol. The molecule has 5 heteroatoms. The second-order valence-corrected chi connectivity index (χ2v) is 5.29. The zero-order chi connectivity index (χ0) is 13.3. The number of carbonyl (C=O) groups excluding carboxylic acids is 1. The molecule has 1 heterocycles. The summed E-state index contributed by atoms with van der Waals surface area (Å²) in [5, 5.41) is 11.1. The van der Waals surface area contributed by atoms with Gasteiger partial charge in [-0.1, -0.05) is 12.1 Å². The van der Waals surface area contributed by atoms with Gasteiger partial charge in [-0.15, -0.1) is 11.3 Å². The van der Waals surface area contributed by atoms with Gasteiger partial charge in [0.05, 0.1) is 5.69 Å². The van der Waals surface area contributed by atoms with Crippen LogP contribution in [0.2, 0.25) is 0 Å². The number of rotatable bonds is 3. The highest BCUT2D eigenvalue weighted by molar-refractivity contribution is 7.15. The van der Waals surface area contributed by atoms with Gasteiger partial charge in [0.2, 0.25) is 0 Å². The molecule has 0 saturated heterocycles. The van der Waals surface area contributed by atoms with Crippen molar-refractivity contribution in [1.82, 2.24) is 4.98 Å². The van der Waals surface area contributed by atoms with Crippen LogP contribution in [-0.4, -0.2) is 11.0 Å². The third-order valence-corrected chi connectivity index (χ3v) is 3.68. The summed E-state index contributed by atoms with van der Waals surface area (Å²) in [6, 6.07) is 5.90. The largest absolute Gasteiger partial charge is 0.550 e. The Kier molecular flexibility index (Phi) is 3.34. The minimum absolute atomic E-state index is 0.156. The molecule has 94 valence electrons. The zero-order valence-corrected chi connectivity index (χ0v) is 11.0. The van der Waals surface area contributed by atoms with Crippen LogP contribution in [0.5, 0.6) is 0 Å². The number of thiazole rings is 1. The molecule has 1 aromatic heterocycles. The van der Waals surface area contributed by atoms with Crippen LogP contribution in [0.25, 0.3) is 11.3 Å². The minimum Gasteiger partial charge on any atom is -0.550 e. The van der Waals surface area contributed by atoms with Crippen molar-refractivity contribution in [2.24, 2.45) is 0 Å². The van der Waals surface area contributed by atoms with Crippen molar-refractivity contribution in [2.75, 3.05) is 5.73 Å². The van der Waals surface area contributed by atoms with Gasteiger partial charge < -0.3 is 15.6 Å². The molecule has 2 aromatic rings. The van der Waals surface area contributed by atoms with Gasteiger partial charge in [0, 0.05) is 22.8 Å². The van der Waals surface area contributed by atoms with Crippen LogP contribution < -0.4 is 10.8 Å². The van der Waals surface area contributed by atoms with E-state index in [0.717, 1.165) is 11.1 Å². The Hall–Kier alpha value is -1.88. The Bertz CT molecular complexity index is 605. The molecule has 1 aromatic carbocycles. The number of hydrogen-bond donors (Lipinski definition) is 1. The molecule has 2 N–H and O–H groups in total. The maximum atomic E-state index is 10.7. The molecule has 0 atom stereocenters. The van der Waals surface area contributed by atoms with Gasteiger partial charge in [-0.25, -0.2) is 4.98 Å². The lowest BCUT2D eigenvalue weighted by Gasteiger charge is -2.06. The van der Waals surface area contributed by atoms with Gasteiger partial charge in [-0.3, -0.25) is 0 Å². The van der Waals surface area contributed by atoms with Gasteiger partial charge in [0.25, 0.3) is 0 Å². The average molecular weight is 261 g/mol. The molecule has 0 unspecified atom stereocenters. The highest BCUT2D eigenvalue weighted by atomic mass is 32.1. The first-order valence-corrected chi connectivity index (χ1v) is 6.31. The van der Waals surface area contributed by atoms with Gasteiger partial charge in [0.15, 0.2) is 5.13 Å². The summed E-state index contributed by atoms with van der Waals surface area (Å²) < 4.78 is 0. The number of carboxylic acid groups (broad SMARTS) is 1. The van der Waals surface area contributed by atoms with Crippen molar-refractivity contribution in [3.05, 3.63) is 34.2 Å². The maximum absolute atomic E-state index is 10.7. The third kappa shape index (κ3) is 2.51. The van der Waals surface area contributed by atoms with Gasteiger partial charge >= 0.3 is 0 Å². The van der Waals surface area contributed by atoms with E-state index in [9.17, 15) is 9.90 Å². The van der Waals surface area contributed by atoms with Crippen LogP contribution in [0.4, 0.5) is 5.13 Å². The Morgan fingerprint density at radius 2 is 2.11 bits per heavy atom. The van der Waals surface area contributed by atoms with Crippen LogP contribution in [0, 0.1) is 13.8 Å². The number of benzene rings is 1. The molecular weight excluding hydrogens is 248 g/mol. The van der Waals surface area contributed by atoms with E-state index in [1.165, 1.54) is 16.9 Å². The van der Waals surface area contributed by atoms with Crippen molar-refractivity contribution >= 4 is 22.4 Å². The van der Waals surface area contributed by atoms with E-state index in [1.54, 1.807) is 0 Å². The van der Waals surface area contributed by atoms with Crippen LogP contribution in [0.15, 0.2) is 18.2 Å². The smallest absolute Gasteiger partial charge is 0.180 e. The molecule has 0 saturated carbocycles. The maximum Gasteiger partial charge on any atom is 0.180 e. The van der Waals surface area contributed by atoms with E-state index in [2.05, 4.69) is 4.98 Å². The number of nitrogen functional groups attached to an aromatic ring is 1. The third-order valence-electron chi connectivity index (χ3n) is 2.80. The quantitative estimate of drug-likeness (QED) is 0.903. The van der Waals surface area contributed by atoms with E-state index in [-0.39, 0.29) is 6.42 Å². The summed E-state index contributed by atoms with van der Waals surface area (Å²) in [5.41, 5.74) is 9.51. The topological polar surface area (TPSA) is 79.0 Å². The lowest BCUT2D eigenvalue weighted by Crippen LogP contribution is -2.24. The highest BCUT2D eigenvalue weighted by Crippen LogP contribution is 2.30. The Morgan fingerprint density at radius 3 is 2.72 bits per heavy atom. The fraction of sp³-hybridized carbons (Fsp3) is 0.231. The molecule has 2 rings (SSSR count). The highest BCUT2D eigenvalue weighted by Gasteiger charge is 2.12. The molecule has 0 aliphatic heterocycles. The number of hydrogen-bond acceptors (Lipinski definition) is 5. The summed E-state index contributed by atoms with van der Waals surface area (Å²) in [6.45, 7) is 4.03. The Morgan fingerprint density at radius 1 is 1.39 bits per heavy atom. The fourth-order valence-corrected chi connectivity index (χ4v) is 2.57. The summed E-state index contributed by atoms with van der Waals surface area (Å²) in [6.07, 6.45) is -0.156. The number of carbonyl (C=O) groups is 1. The average Bonchev–Trinajstić information content (AvgIpc) is 2.62. The minimum atomic E-state index is -1.12. The second kappa shape index (κ2) is 4.78. The normalized spacial score (nSPS) is 10.6. The number of nitrogens with zero attached hydrogens (tertiary/aromatic N) is 1. The van der Waals surface area contributed by atoms with Gasteiger partial charge in [-0.05, 0) is 31.0 Å². The van der Waals surface area contributed by atoms with Crippen LogP contribution in [-0.2, 0) is 11.2 Å². The standard InChI is InChI=1S/C13H14N2O2S/c1-7-3-4-9(5-8(7)2)12-10(6-11(16)17)18-13(14)15-12/h3-5H,6H2,1-2H3,(H2,14,15)(H,16,17)/p-1. The monoisotopic (exact) mass is 261 g/mol. The number of aliphatic carboxylic acids is 1.